The Labute approximate surface area is 172 Å². The molecule has 4 rings (SSSR count). The van der Waals surface area contributed by atoms with Crippen LogP contribution in [-0.2, 0) is 4.43 Å². The van der Waals surface area contributed by atoms with Gasteiger partial charge in [0.2, 0.25) is 8.32 Å². The van der Waals surface area contributed by atoms with Crippen molar-refractivity contribution in [2.24, 2.45) is 0 Å². The monoisotopic (exact) mass is 404 g/mol. The lowest BCUT2D eigenvalue weighted by molar-refractivity contribution is 0.442. The molecule has 28 heavy (non-hydrogen) atoms. The van der Waals surface area contributed by atoms with E-state index < -0.39 is 16.4 Å². The molecule has 0 aliphatic heterocycles. The number of allylic oxidation sites excluding steroid dienone is 3. The fourth-order valence-electron chi connectivity index (χ4n) is 5.32. The lowest BCUT2D eigenvalue weighted by Gasteiger charge is -2.38. The minimum atomic E-state index is -1.75. The van der Waals surface area contributed by atoms with E-state index in [-0.39, 0.29) is 0 Å². The van der Waals surface area contributed by atoms with Gasteiger partial charge in [-0.15, -0.1) is 0 Å². The van der Waals surface area contributed by atoms with Gasteiger partial charge in [-0.05, 0) is 60.5 Å². The van der Waals surface area contributed by atoms with Gasteiger partial charge in [0, 0.05) is 5.54 Å². The molecule has 0 unspecified atom stereocenters. The maximum Gasteiger partial charge on any atom is 0.242 e. The molecule has 0 N–H and O–H groups in total. The second-order valence-corrected chi connectivity index (χ2v) is 18.5. The van der Waals surface area contributed by atoms with Gasteiger partial charge in [-0.25, -0.2) is 0 Å². The average molecular weight is 405 g/mol. The highest BCUT2D eigenvalue weighted by atomic mass is 28.4. The number of fused-ring (bicyclic) bond motifs is 3. The third-order valence-electron chi connectivity index (χ3n) is 6.55. The standard InChI is InChI=1S/C25H32OSi2/c1-6-28(7-2,20-17-16-19(18-20)26-27(3,4)5)25-23-14-10-8-12-21(23)22-13-9-11-15-24(22)25/h8-16,18,25H,6-7,17H2,1-5H3. The van der Waals surface area contributed by atoms with E-state index in [1.165, 1.54) is 23.2 Å². The van der Waals surface area contributed by atoms with E-state index >= 15 is 0 Å². The summed E-state index contributed by atoms with van der Waals surface area (Å²) in [6, 6.07) is 20.8. The van der Waals surface area contributed by atoms with Crippen LogP contribution < -0.4 is 0 Å². The summed E-state index contributed by atoms with van der Waals surface area (Å²) >= 11 is 0. The summed E-state index contributed by atoms with van der Waals surface area (Å²) in [7, 11) is -3.33. The predicted octanol–water partition coefficient (Wildman–Crippen LogP) is 7.43. The summed E-state index contributed by atoms with van der Waals surface area (Å²) in [5.41, 5.74) is 6.57. The summed E-state index contributed by atoms with van der Waals surface area (Å²) in [4.78, 5) is 0. The molecule has 0 fully saturated rings. The van der Waals surface area contributed by atoms with Crippen LogP contribution >= 0.6 is 0 Å². The number of hydrogen-bond acceptors (Lipinski definition) is 1. The third-order valence-corrected chi connectivity index (χ3v) is 13.3. The molecule has 1 nitrogen and oxygen atoms in total. The molecule has 0 bridgehead atoms. The quantitative estimate of drug-likeness (QED) is 0.455. The molecule has 0 saturated carbocycles. The average Bonchev–Trinajstić information content (AvgIpc) is 3.26. The number of hydrogen-bond donors (Lipinski definition) is 0. The fourth-order valence-corrected chi connectivity index (χ4v) is 11.4. The summed E-state index contributed by atoms with van der Waals surface area (Å²) in [5.74, 6) is 1.13. The van der Waals surface area contributed by atoms with Crippen LogP contribution in [-0.4, -0.2) is 16.4 Å². The van der Waals surface area contributed by atoms with Gasteiger partial charge in [0.05, 0.1) is 13.8 Å². The van der Waals surface area contributed by atoms with Crippen molar-refractivity contribution in [1.82, 2.24) is 0 Å². The predicted molar refractivity (Wildman–Crippen MR) is 126 cm³/mol. The molecule has 0 radical (unpaired) electrons. The van der Waals surface area contributed by atoms with Crippen molar-refractivity contribution >= 4 is 16.4 Å². The molecular formula is C25H32OSi2. The zero-order valence-electron chi connectivity index (χ0n) is 17.9. The van der Waals surface area contributed by atoms with Crippen molar-refractivity contribution in [3.8, 4) is 11.1 Å². The molecule has 146 valence electrons. The van der Waals surface area contributed by atoms with E-state index in [1.807, 2.05) is 0 Å². The molecule has 0 aromatic heterocycles. The Bertz CT molecular complexity index is 900. The highest BCUT2D eigenvalue weighted by molar-refractivity contribution is 6.88. The zero-order chi connectivity index (χ0) is 19.9. The molecule has 0 atom stereocenters. The van der Waals surface area contributed by atoms with Crippen LogP contribution in [0.25, 0.3) is 11.1 Å². The Balaban J connectivity index is 1.82. The maximum absolute atomic E-state index is 6.36. The molecular weight excluding hydrogens is 372 g/mol. The second kappa shape index (κ2) is 7.20. The molecule has 0 spiro atoms. The Kier molecular flexibility index (Phi) is 5.00. The Morgan fingerprint density at radius 2 is 1.39 bits per heavy atom. The van der Waals surface area contributed by atoms with E-state index in [9.17, 15) is 0 Å². The van der Waals surface area contributed by atoms with Crippen LogP contribution in [0.1, 0.15) is 36.9 Å². The highest BCUT2D eigenvalue weighted by Crippen LogP contribution is 2.53. The van der Waals surface area contributed by atoms with Gasteiger partial charge in [-0.1, -0.05) is 79.7 Å². The van der Waals surface area contributed by atoms with Crippen LogP contribution in [0.4, 0.5) is 0 Å². The molecule has 2 aromatic carbocycles. The van der Waals surface area contributed by atoms with E-state index in [2.05, 4.69) is 94.2 Å². The minimum absolute atomic E-state index is 0.556. The summed E-state index contributed by atoms with van der Waals surface area (Å²) in [5, 5.41) is 1.68. The summed E-state index contributed by atoms with van der Waals surface area (Å²) in [6.45, 7) is 11.7. The molecule has 3 heteroatoms. The third kappa shape index (κ3) is 3.15. The smallest absolute Gasteiger partial charge is 0.242 e. The van der Waals surface area contributed by atoms with Gasteiger partial charge in [0.15, 0.2) is 0 Å². The first-order valence-corrected chi connectivity index (χ1v) is 16.6. The van der Waals surface area contributed by atoms with Crippen LogP contribution in [0.5, 0.6) is 0 Å². The molecule has 0 heterocycles. The van der Waals surface area contributed by atoms with Gasteiger partial charge >= 0.3 is 0 Å². The molecule has 0 amide bonds. The van der Waals surface area contributed by atoms with Crippen molar-refractivity contribution in [3.63, 3.8) is 0 Å². The highest BCUT2D eigenvalue weighted by Gasteiger charge is 2.47. The van der Waals surface area contributed by atoms with Crippen molar-refractivity contribution in [3.05, 3.63) is 82.8 Å². The summed E-state index contributed by atoms with van der Waals surface area (Å²) in [6.07, 6.45) is 5.85. The van der Waals surface area contributed by atoms with Crippen LogP contribution in [0.2, 0.25) is 31.7 Å². The van der Waals surface area contributed by atoms with Gasteiger partial charge in [0.25, 0.3) is 0 Å². The van der Waals surface area contributed by atoms with Gasteiger partial charge in [0.1, 0.15) is 0 Å². The lowest BCUT2D eigenvalue weighted by atomic mass is 10.1. The SMILES string of the molecule is CC[Si](CC)(C1=CC(O[Si](C)(C)C)=CC1)C1c2ccccc2-c2ccccc21. The van der Waals surface area contributed by atoms with Crippen molar-refractivity contribution < 1.29 is 4.43 Å². The first-order valence-electron chi connectivity index (χ1n) is 10.7. The van der Waals surface area contributed by atoms with Crippen LogP contribution in [0, 0.1) is 0 Å². The number of rotatable bonds is 6. The van der Waals surface area contributed by atoms with Crippen LogP contribution in [0.15, 0.2) is 71.6 Å². The van der Waals surface area contributed by atoms with E-state index in [0.717, 1.165) is 12.2 Å². The first kappa shape index (κ1) is 19.5. The second-order valence-electron chi connectivity index (χ2n) is 9.17. The van der Waals surface area contributed by atoms with Crippen LogP contribution in [0.3, 0.4) is 0 Å². The first-order chi connectivity index (χ1) is 13.4. The van der Waals surface area contributed by atoms with Crippen molar-refractivity contribution in [2.75, 3.05) is 0 Å². The lowest BCUT2D eigenvalue weighted by Crippen LogP contribution is -2.42. The Morgan fingerprint density at radius 3 is 1.89 bits per heavy atom. The fraction of sp³-hybridized carbons (Fsp3) is 0.360. The van der Waals surface area contributed by atoms with Gasteiger partial charge in [-0.2, -0.15) is 0 Å². The summed E-state index contributed by atoms with van der Waals surface area (Å²) < 4.78 is 6.36. The number of benzene rings is 2. The van der Waals surface area contributed by atoms with Crippen molar-refractivity contribution in [1.29, 1.82) is 0 Å². The normalized spacial score (nSPS) is 16.5. The molecule has 2 aromatic rings. The van der Waals surface area contributed by atoms with Crippen molar-refractivity contribution in [2.45, 2.75) is 57.5 Å². The topological polar surface area (TPSA) is 9.23 Å². The zero-order valence-corrected chi connectivity index (χ0v) is 19.9. The van der Waals surface area contributed by atoms with E-state index in [0.29, 0.717) is 5.54 Å². The molecule has 2 aliphatic carbocycles. The molecule has 0 saturated heterocycles. The molecule has 2 aliphatic rings. The maximum atomic E-state index is 6.36. The van der Waals surface area contributed by atoms with E-state index in [4.69, 9.17) is 4.43 Å². The Morgan fingerprint density at radius 1 is 0.857 bits per heavy atom. The van der Waals surface area contributed by atoms with Gasteiger partial charge in [-0.3, -0.25) is 0 Å². The van der Waals surface area contributed by atoms with Gasteiger partial charge < -0.3 is 4.43 Å². The largest absolute Gasteiger partial charge is 0.545 e. The Hall–Kier alpha value is -1.85. The minimum Gasteiger partial charge on any atom is -0.545 e. The van der Waals surface area contributed by atoms with E-state index in [1.54, 1.807) is 16.3 Å².